The van der Waals surface area contributed by atoms with Crippen molar-refractivity contribution in [3.05, 3.63) is 29.3 Å². The molecule has 2 saturated heterocycles. The van der Waals surface area contributed by atoms with Crippen LogP contribution in [0.1, 0.15) is 50.2 Å². The molecule has 1 aromatic rings. The average Bonchev–Trinajstić information content (AvgIpc) is 2.52. The number of carbonyl (C=O) groups excluding carboxylic acids is 1. The van der Waals surface area contributed by atoms with Crippen molar-refractivity contribution in [3.8, 4) is 5.75 Å². The van der Waals surface area contributed by atoms with Crippen molar-refractivity contribution >= 4 is 5.91 Å². The normalized spacial score (nSPS) is 19.7. The van der Waals surface area contributed by atoms with E-state index in [0.717, 1.165) is 43.8 Å². The predicted octanol–water partition coefficient (Wildman–Crippen LogP) is 2.85. The molecule has 0 aromatic heterocycles. The lowest BCUT2D eigenvalue weighted by atomic mass is 9.79. The monoisotopic (exact) mass is 316 g/mol. The van der Waals surface area contributed by atoms with Crippen molar-refractivity contribution in [2.45, 2.75) is 51.5 Å². The summed E-state index contributed by atoms with van der Waals surface area (Å²) in [6.45, 7) is 9.32. The van der Waals surface area contributed by atoms with Gasteiger partial charge in [0.15, 0.2) is 6.61 Å². The highest BCUT2D eigenvalue weighted by molar-refractivity contribution is 5.78. The van der Waals surface area contributed by atoms with Crippen LogP contribution in [0.4, 0.5) is 0 Å². The van der Waals surface area contributed by atoms with Crippen LogP contribution in [0.2, 0.25) is 0 Å². The van der Waals surface area contributed by atoms with Gasteiger partial charge in [0.05, 0.1) is 0 Å². The molecule has 0 radical (unpaired) electrons. The molecular formula is C19H28N2O2. The maximum absolute atomic E-state index is 12.4. The highest BCUT2D eigenvalue weighted by Crippen LogP contribution is 2.31. The van der Waals surface area contributed by atoms with Crippen LogP contribution < -0.4 is 10.1 Å². The molecule has 0 aliphatic carbocycles. The summed E-state index contributed by atoms with van der Waals surface area (Å²) < 4.78 is 5.83. The second-order valence-corrected chi connectivity index (χ2v) is 7.31. The SMILES string of the molecule is Cc1ccc(C(C)C)cc1OCC(=O)N1CCC2(CCN2)CC1. The molecule has 0 atom stereocenters. The van der Waals surface area contributed by atoms with Crippen LogP contribution in [-0.4, -0.2) is 42.6 Å². The Labute approximate surface area is 139 Å². The number of nitrogens with one attached hydrogen (secondary N) is 1. The van der Waals surface area contributed by atoms with Crippen molar-refractivity contribution in [2.75, 3.05) is 26.2 Å². The van der Waals surface area contributed by atoms with E-state index in [2.05, 4.69) is 37.4 Å². The van der Waals surface area contributed by atoms with Crippen LogP contribution in [0.5, 0.6) is 5.75 Å². The number of amides is 1. The second-order valence-electron chi connectivity index (χ2n) is 7.31. The quantitative estimate of drug-likeness (QED) is 0.929. The molecule has 23 heavy (non-hydrogen) atoms. The minimum atomic E-state index is 0.105. The van der Waals surface area contributed by atoms with Gasteiger partial charge in [-0.2, -0.15) is 0 Å². The predicted molar refractivity (Wildman–Crippen MR) is 91.9 cm³/mol. The van der Waals surface area contributed by atoms with Crippen LogP contribution >= 0.6 is 0 Å². The lowest BCUT2D eigenvalue weighted by molar-refractivity contribution is -0.135. The van der Waals surface area contributed by atoms with Gasteiger partial charge in [-0.05, 0) is 55.8 Å². The number of aryl methyl sites for hydroxylation is 1. The molecule has 1 aromatic carbocycles. The summed E-state index contributed by atoms with van der Waals surface area (Å²) in [5.74, 6) is 1.40. The highest BCUT2D eigenvalue weighted by atomic mass is 16.5. The molecule has 2 fully saturated rings. The van der Waals surface area contributed by atoms with E-state index in [-0.39, 0.29) is 12.5 Å². The zero-order chi connectivity index (χ0) is 16.4. The second kappa shape index (κ2) is 6.52. The largest absolute Gasteiger partial charge is 0.483 e. The van der Waals surface area contributed by atoms with Gasteiger partial charge in [-0.1, -0.05) is 26.0 Å². The number of piperidine rings is 1. The van der Waals surface area contributed by atoms with Crippen molar-refractivity contribution in [2.24, 2.45) is 0 Å². The third kappa shape index (κ3) is 3.52. The summed E-state index contributed by atoms with van der Waals surface area (Å²) in [6, 6.07) is 6.27. The molecule has 4 heteroatoms. The van der Waals surface area contributed by atoms with Crippen LogP contribution in [0, 0.1) is 6.92 Å². The average molecular weight is 316 g/mol. The Morgan fingerprint density at radius 1 is 1.30 bits per heavy atom. The van der Waals surface area contributed by atoms with Gasteiger partial charge in [-0.15, -0.1) is 0 Å². The van der Waals surface area contributed by atoms with E-state index in [1.165, 1.54) is 12.0 Å². The molecule has 0 saturated carbocycles. The van der Waals surface area contributed by atoms with Crippen molar-refractivity contribution in [1.29, 1.82) is 0 Å². The lowest BCUT2D eigenvalue weighted by Crippen LogP contribution is -2.62. The highest BCUT2D eigenvalue weighted by Gasteiger charge is 2.40. The van der Waals surface area contributed by atoms with Crippen LogP contribution in [-0.2, 0) is 4.79 Å². The molecule has 4 nitrogen and oxygen atoms in total. The fraction of sp³-hybridized carbons (Fsp3) is 0.632. The van der Waals surface area contributed by atoms with E-state index in [9.17, 15) is 4.79 Å². The van der Waals surface area contributed by atoms with E-state index in [1.54, 1.807) is 0 Å². The number of hydrogen-bond donors (Lipinski definition) is 1. The van der Waals surface area contributed by atoms with Crippen LogP contribution in [0.25, 0.3) is 0 Å². The van der Waals surface area contributed by atoms with Gasteiger partial charge < -0.3 is 15.0 Å². The van der Waals surface area contributed by atoms with E-state index in [0.29, 0.717) is 11.5 Å². The van der Waals surface area contributed by atoms with Gasteiger partial charge in [0.25, 0.3) is 5.91 Å². The van der Waals surface area contributed by atoms with Gasteiger partial charge in [-0.3, -0.25) is 4.79 Å². The lowest BCUT2D eigenvalue weighted by Gasteiger charge is -2.48. The van der Waals surface area contributed by atoms with Crippen LogP contribution in [0.3, 0.4) is 0 Å². The summed E-state index contributed by atoms with van der Waals surface area (Å²) in [5.41, 5.74) is 2.66. The minimum Gasteiger partial charge on any atom is -0.483 e. The number of nitrogens with zero attached hydrogens (tertiary/aromatic N) is 1. The molecule has 2 aliphatic rings. The Hall–Kier alpha value is -1.55. The van der Waals surface area contributed by atoms with E-state index < -0.39 is 0 Å². The number of benzene rings is 1. The molecule has 3 rings (SSSR count). The first-order valence-corrected chi connectivity index (χ1v) is 8.75. The van der Waals surface area contributed by atoms with E-state index in [1.807, 2.05) is 11.8 Å². The Bertz CT molecular complexity index is 569. The summed E-state index contributed by atoms with van der Waals surface area (Å²) in [7, 11) is 0. The number of ether oxygens (including phenoxy) is 1. The third-order valence-corrected chi connectivity index (χ3v) is 5.41. The molecule has 126 valence electrons. The summed E-state index contributed by atoms with van der Waals surface area (Å²) >= 11 is 0. The molecule has 0 bridgehead atoms. The molecule has 2 heterocycles. The maximum atomic E-state index is 12.4. The number of likely N-dealkylation sites (tertiary alicyclic amines) is 1. The molecule has 1 spiro atoms. The first kappa shape index (κ1) is 16.3. The third-order valence-electron chi connectivity index (χ3n) is 5.41. The zero-order valence-corrected chi connectivity index (χ0v) is 14.5. The van der Waals surface area contributed by atoms with Crippen molar-refractivity contribution < 1.29 is 9.53 Å². The summed E-state index contributed by atoms with van der Waals surface area (Å²) in [4.78, 5) is 14.4. The van der Waals surface area contributed by atoms with Crippen LogP contribution in [0.15, 0.2) is 18.2 Å². The van der Waals surface area contributed by atoms with Crippen molar-refractivity contribution in [1.82, 2.24) is 10.2 Å². The summed E-state index contributed by atoms with van der Waals surface area (Å²) in [5, 5.41) is 3.53. The molecule has 1 N–H and O–H groups in total. The first-order chi connectivity index (χ1) is 11.0. The van der Waals surface area contributed by atoms with Gasteiger partial charge in [0.1, 0.15) is 5.75 Å². The molecule has 0 unspecified atom stereocenters. The van der Waals surface area contributed by atoms with E-state index >= 15 is 0 Å². The van der Waals surface area contributed by atoms with E-state index in [4.69, 9.17) is 4.74 Å². The number of hydrogen-bond acceptors (Lipinski definition) is 3. The Morgan fingerprint density at radius 3 is 2.57 bits per heavy atom. The number of carbonyl (C=O) groups is 1. The standard InChI is InChI=1S/C19H28N2O2/c1-14(2)16-5-4-15(3)17(12-16)23-13-18(22)21-10-7-19(8-11-21)6-9-20-19/h4-5,12,14,20H,6-11,13H2,1-3H3. The van der Waals surface area contributed by atoms with Gasteiger partial charge >= 0.3 is 0 Å². The topological polar surface area (TPSA) is 41.6 Å². The fourth-order valence-electron chi connectivity index (χ4n) is 3.45. The Kier molecular flexibility index (Phi) is 4.62. The first-order valence-electron chi connectivity index (χ1n) is 8.75. The zero-order valence-electron chi connectivity index (χ0n) is 14.5. The number of rotatable bonds is 4. The maximum Gasteiger partial charge on any atom is 0.260 e. The fourth-order valence-corrected chi connectivity index (χ4v) is 3.45. The molecular weight excluding hydrogens is 288 g/mol. The van der Waals surface area contributed by atoms with Gasteiger partial charge in [0, 0.05) is 18.6 Å². The van der Waals surface area contributed by atoms with Gasteiger partial charge in [0.2, 0.25) is 0 Å². The smallest absolute Gasteiger partial charge is 0.260 e. The Morgan fingerprint density at radius 2 is 2.00 bits per heavy atom. The summed E-state index contributed by atoms with van der Waals surface area (Å²) in [6.07, 6.45) is 3.40. The minimum absolute atomic E-state index is 0.105. The Balaban J connectivity index is 1.54. The van der Waals surface area contributed by atoms with Gasteiger partial charge in [-0.25, -0.2) is 0 Å². The van der Waals surface area contributed by atoms with Crippen molar-refractivity contribution in [3.63, 3.8) is 0 Å². The molecule has 1 amide bonds. The molecule has 2 aliphatic heterocycles.